The SMILES string of the molecule is O=C1c2ccccc2NC(c2cc3ccccc3[nH]c2=O)N1C1CC1. The highest BCUT2D eigenvalue weighted by Gasteiger charge is 2.42. The molecule has 1 aliphatic heterocycles. The summed E-state index contributed by atoms with van der Waals surface area (Å²) in [5.74, 6) is -0.00518. The van der Waals surface area contributed by atoms with Gasteiger partial charge in [0.25, 0.3) is 11.5 Å². The van der Waals surface area contributed by atoms with Gasteiger partial charge in [0.05, 0.1) is 11.1 Å². The number of nitrogens with zero attached hydrogens (tertiary/aromatic N) is 1. The van der Waals surface area contributed by atoms with E-state index < -0.39 is 6.17 Å². The standard InChI is InChI=1S/C20H17N3O2/c24-19-15(11-12-5-1-3-7-16(12)22-19)18-21-17-8-4-2-6-14(17)20(25)23(18)13-9-10-13/h1-8,11,13,18,21H,9-10H2,(H,22,24). The van der Waals surface area contributed by atoms with Crippen molar-refractivity contribution in [3.8, 4) is 0 Å². The average Bonchev–Trinajstić information content (AvgIpc) is 3.46. The number of aromatic amines is 1. The molecule has 0 radical (unpaired) electrons. The van der Waals surface area contributed by atoms with Gasteiger partial charge in [-0.05, 0) is 42.5 Å². The maximum Gasteiger partial charge on any atom is 0.258 e. The monoisotopic (exact) mass is 331 g/mol. The second kappa shape index (κ2) is 5.21. The summed E-state index contributed by atoms with van der Waals surface area (Å²) in [5, 5.41) is 4.36. The number of hydrogen-bond acceptors (Lipinski definition) is 3. The van der Waals surface area contributed by atoms with Crippen LogP contribution in [0.3, 0.4) is 0 Å². The molecule has 1 fully saturated rings. The highest BCUT2D eigenvalue weighted by Crippen LogP contribution is 2.40. The van der Waals surface area contributed by atoms with Gasteiger partial charge < -0.3 is 15.2 Å². The van der Waals surface area contributed by atoms with Crippen molar-refractivity contribution < 1.29 is 4.79 Å². The van der Waals surface area contributed by atoms with Crippen LogP contribution in [0.15, 0.2) is 59.4 Å². The molecule has 2 heterocycles. The lowest BCUT2D eigenvalue weighted by molar-refractivity contribution is 0.0665. The molecule has 5 heteroatoms. The van der Waals surface area contributed by atoms with E-state index in [0.29, 0.717) is 11.1 Å². The molecular weight excluding hydrogens is 314 g/mol. The summed E-state index contributed by atoms with van der Waals surface area (Å²) in [7, 11) is 0. The first-order valence-corrected chi connectivity index (χ1v) is 8.52. The minimum absolute atomic E-state index is 0.00518. The topological polar surface area (TPSA) is 65.2 Å². The van der Waals surface area contributed by atoms with Crippen LogP contribution >= 0.6 is 0 Å². The van der Waals surface area contributed by atoms with Crippen molar-refractivity contribution in [3.63, 3.8) is 0 Å². The Bertz CT molecular complexity index is 1050. The molecule has 25 heavy (non-hydrogen) atoms. The Morgan fingerprint density at radius 3 is 2.56 bits per heavy atom. The second-order valence-electron chi connectivity index (χ2n) is 6.68. The van der Waals surface area contributed by atoms with Gasteiger partial charge in [0.15, 0.2) is 0 Å². The van der Waals surface area contributed by atoms with E-state index in [9.17, 15) is 9.59 Å². The predicted octanol–water partition coefficient (Wildman–Crippen LogP) is 3.26. The average molecular weight is 331 g/mol. The molecule has 1 atom stereocenters. The van der Waals surface area contributed by atoms with Crippen molar-refractivity contribution in [2.24, 2.45) is 0 Å². The van der Waals surface area contributed by atoms with E-state index in [1.165, 1.54) is 0 Å². The number of pyridine rings is 1. The summed E-state index contributed by atoms with van der Waals surface area (Å²) in [6, 6.07) is 17.3. The lowest BCUT2D eigenvalue weighted by Gasteiger charge is -2.38. The first kappa shape index (κ1) is 14.3. The van der Waals surface area contributed by atoms with Crippen LogP contribution in [0, 0.1) is 0 Å². The number of hydrogen-bond donors (Lipinski definition) is 2. The highest BCUT2D eigenvalue weighted by molar-refractivity contribution is 6.02. The number of nitrogens with one attached hydrogen (secondary N) is 2. The number of carbonyl (C=O) groups excluding carboxylic acids is 1. The number of anilines is 1. The van der Waals surface area contributed by atoms with E-state index in [1.807, 2.05) is 59.5 Å². The lowest BCUT2D eigenvalue weighted by atomic mass is 10.0. The molecule has 124 valence electrons. The van der Waals surface area contributed by atoms with Gasteiger partial charge in [0.1, 0.15) is 6.17 Å². The number of rotatable bonds is 2. The number of para-hydroxylation sites is 2. The van der Waals surface area contributed by atoms with Gasteiger partial charge in [0, 0.05) is 17.2 Å². The van der Waals surface area contributed by atoms with Crippen LogP contribution in [0.2, 0.25) is 0 Å². The van der Waals surface area contributed by atoms with Crippen molar-refractivity contribution in [3.05, 3.63) is 76.1 Å². The Balaban J connectivity index is 1.68. The fourth-order valence-electron chi connectivity index (χ4n) is 3.59. The van der Waals surface area contributed by atoms with Crippen LogP contribution in [-0.4, -0.2) is 21.8 Å². The molecule has 5 rings (SSSR count). The van der Waals surface area contributed by atoms with Crippen LogP contribution in [0.4, 0.5) is 5.69 Å². The Morgan fingerprint density at radius 2 is 1.72 bits per heavy atom. The molecule has 1 aliphatic carbocycles. The molecule has 1 amide bonds. The Labute approximate surface area is 144 Å². The van der Waals surface area contributed by atoms with Gasteiger partial charge in [-0.2, -0.15) is 0 Å². The first-order valence-electron chi connectivity index (χ1n) is 8.52. The van der Waals surface area contributed by atoms with Crippen LogP contribution in [0.1, 0.15) is 34.9 Å². The van der Waals surface area contributed by atoms with E-state index in [1.54, 1.807) is 0 Å². The Kier molecular flexibility index (Phi) is 2.98. The molecule has 2 aliphatic rings. The zero-order chi connectivity index (χ0) is 17.0. The maximum absolute atomic E-state index is 13.0. The maximum atomic E-state index is 13.0. The zero-order valence-electron chi connectivity index (χ0n) is 13.5. The van der Waals surface area contributed by atoms with Crippen LogP contribution in [0.25, 0.3) is 10.9 Å². The summed E-state index contributed by atoms with van der Waals surface area (Å²) in [6.45, 7) is 0. The number of aromatic nitrogens is 1. The van der Waals surface area contributed by atoms with E-state index in [-0.39, 0.29) is 17.5 Å². The third kappa shape index (κ3) is 2.23. The third-order valence-electron chi connectivity index (χ3n) is 4.98. The van der Waals surface area contributed by atoms with Gasteiger partial charge in [-0.25, -0.2) is 0 Å². The van der Waals surface area contributed by atoms with Crippen molar-refractivity contribution in [2.45, 2.75) is 25.0 Å². The molecule has 0 bridgehead atoms. The number of H-pyrrole nitrogens is 1. The number of amides is 1. The fraction of sp³-hybridized carbons (Fsp3) is 0.200. The molecular formula is C20H17N3O2. The lowest BCUT2D eigenvalue weighted by Crippen LogP contribution is -2.46. The Hall–Kier alpha value is -3.08. The number of carbonyl (C=O) groups is 1. The van der Waals surface area contributed by atoms with E-state index in [4.69, 9.17) is 0 Å². The first-order chi connectivity index (χ1) is 12.2. The molecule has 3 aromatic rings. The fourth-order valence-corrected chi connectivity index (χ4v) is 3.59. The zero-order valence-corrected chi connectivity index (χ0v) is 13.5. The van der Waals surface area contributed by atoms with Crippen molar-refractivity contribution in [1.29, 1.82) is 0 Å². The molecule has 0 spiro atoms. The summed E-state index contributed by atoms with van der Waals surface area (Å²) < 4.78 is 0. The number of benzene rings is 2. The largest absolute Gasteiger partial charge is 0.361 e. The van der Waals surface area contributed by atoms with Crippen molar-refractivity contribution >= 4 is 22.5 Å². The van der Waals surface area contributed by atoms with Crippen LogP contribution in [-0.2, 0) is 0 Å². The predicted molar refractivity (Wildman–Crippen MR) is 96.6 cm³/mol. The normalized spacial score (nSPS) is 19.6. The van der Waals surface area contributed by atoms with Gasteiger partial charge in [0.2, 0.25) is 0 Å². The van der Waals surface area contributed by atoms with E-state index in [0.717, 1.165) is 29.4 Å². The number of fused-ring (bicyclic) bond motifs is 2. The van der Waals surface area contributed by atoms with Gasteiger partial charge in [-0.1, -0.05) is 30.3 Å². The summed E-state index contributed by atoms with van der Waals surface area (Å²) >= 11 is 0. The van der Waals surface area contributed by atoms with Crippen molar-refractivity contribution in [1.82, 2.24) is 9.88 Å². The summed E-state index contributed by atoms with van der Waals surface area (Å²) in [6.07, 6.45) is 1.53. The Morgan fingerprint density at radius 1 is 0.960 bits per heavy atom. The molecule has 1 aromatic heterocycles. The minimum atomic E-state index is -0.441. The third-order valence-corrected chi connectivity index (χ3v) is 4.98. The molecule has 1 unspecified atom stereocenters. The minimum Gasteiger partial charge on any atom is -0.361 e. The summed E-state index contributed by atoms with van der Waals surface area (Å²) in [5.41, 5.74) is 2.67. The molecule has 2 N–H and O–H groups in total. The molecule has 1 saturated carbocycles. The smallest absolute Gasteiger partial charge is 0.258 e. The van der Waals surface area contributed by atoms with Crippen molar-refractivity contribution in [2.75, 3.05) is 5.32 Å². The summed E-state index contributed by atoms with van der Waals surface area (Å²) in [4.78, 5) is 30.5. The molecule has 2 aromatic carbocycles. The molecule has 0 saturated heterocycles. The quantitative estimate of drug-likeness (QED) is 0.757. The molecule has 5 nitrogen and oxygen atoms in total. The highest BCUT2D eigenvalue weighted by atomic mass is 16.2. The van der Waals surface area contributed by atoms with Gasteiger partial charge in [-0.3, -0.25) is 9.59 Å². The second-order valence-corrected chi connectivity index (χ2v) is 6.68. The van der Waals surface area contributed by atoms with Crippen LogP contribution in [0.5, 0.6) is 0 Å². The van der Waals surface area contributed by atoms with E-state index in [2.05, 4.69) is 10.3 Å². The van der Waals surface area contributed by atoms with E-state index >= 15 is 0 Å². The van der Waals surface area contributed by atoms with Gasteiger partial charge in [-0.15, -0.1) is 0 Å². The van der Waals surface area contributed by atoms with Crippen LogP contribution < -0.4 is 10.9 Å². The van der Waals surface area contributed by atoms with Gasteiger partial charge >= 0.3 is 0 Å².